The molecule has 0 spiro atoms. The number of aromatic nitrogens is 2. The van der Waals surface area contributed by atoms with Crippen LogP contribution in [0.15, 0.2) is 24.3 Å². The second kappa shape index (κ2) is 4.70. The van der Waals surface area contributed by atoms with Gasteiger partial charge in [0.05, 0.1) is 5.69 Å². The molecule has 100 valence electrons. The lowest BCUT2D eigenvalue weighted by molar-refractivity contribution is 0.0686. The fraction of sp³-hybridized carbons (Fsp3) is 0.333. The van der Waals surface area contributed by atoms with E-state index >= 15 is 0 Å². The zero-order chi connectivity index (χ0) is 14.2. The van der Waals surface area contributed by atoms with Crippen LogP contribution in [0.1, 0.15) is 30.9 Å². The summed E-state index contributed by atoms with van der Waals surface area (Å²) in [4.78, 5) is 8.60. The van der Waals surface area contributed by atoms with Crippen molar-refractivity contribution in [3.63, 3.8) is 0 Å². The number of halogens is 1. The van der Waals surface area contributed by atoms with Gasteiger partial charge in [0.1, 0.15) is 11.4 Å². The monoisotopic (exact) mass is 260 g/mol. The summed E-state index contributed by atoms with van der Waals surface area (Å²) in [6.07, 6.45) is 0. The number of hydrogen-bond acceptors (Lipinski definition) is 3. The maximum Gasteiger partial charge on any atom is 0.160 e. The number of benzene rings is 1. The van der Waals surface area contributed by atoms with E-state index in [-0.39, 0.29) is 5.82 Å². The van der Waals surface area contributed by atoms with Crippen molar-refractivity contribution in [2.75, 3.05) is 0 Å². The average Bonchev–Trinajstić information content (AvgIpc) is 2.31. The van der Waals surface area contributed by atoms with Crippen molar-refractivity contribution >= 4 is 0 Å². The van der Waals surface area contributed by atoms with Gasteiger partial charge in [0.15, 0.2) is 5.82 Å². The van der Waals surface area contributed by atoms with E-state index in [1.807, 2.05) is 13.0 Å². The van der Waals surface area contributed by atoms with Crippen molar-refractivity contribution in [1.82, 2.24) is 9.97 Å². The SMILES string of the molecule is Cc1cc(-c2ccc(F)c(C)c2)nc(C(C)(C)O)n1. The lowest BCUT2D eigenvalue weighted by Gasteiger charge is -2.17. The Morgan fingerprint density at radius 1 is 1.11 bits per heavy atom. The van der Waals surface area contributed by atoms with Crippen molar-refractivity contribution in [2.45, 2.75) is 33.3 Å². The third kappa shape index (κ3) is 2.96. The molecule has 0 fully saturated rings. The zero-order valence-corrected chi connectivity index (χ0v) is 11.5. The quantitative estimate of drug-likeness (QED) is 0.902. The second-order valence-electron chi connectivity index (χ2n) is 5.24. The van der Waals surface area contributed by atoms with Crippen LogP contribution < -0.4 is 0 Å². The van der Waals surface area contributed by atoms with Crippen LogP contribution in [0, 0.1) is 19.7 Å². The topological polar surface area (TPSA) is 46.0 Å². The fourth-order valence-electron chi connectivity index (χ4n) is 1.79. The summed E-state index contributed by atoms with van der Waals surface area (Å²) in [5.41, 5.74) is 1.74. The van der Waals surface area contributed by atoms with Gasteiger partial charge >= 0.3 is 0 Å². The molecule has 2 aromatic rings. The highest BCUT2D eigenvalue weighted by Gasteiger charge is 2.21. The van der Waals surface area contributed by atoms with Crippen LogP contribution in [-0.4, -0.2) is 15.1 Å². The molecule has 19 heavy (non-hydrogen) atoms. The minimum Gasteiger partial charge on any atom is -0.382 e. The highest BCUT2D eigenvalue weighted by molar-refractivity contribution is 5.60. The van der Waals surface area contributed by atoms with E-state index < -0.39 is 5.60 Å². The molecule has 0 unspecified atom stereocenters. The van der Waals surface area contributed by atoms with Crippen LogP contribution in [0.5, 0.6) is 0 Å². The Labute approximate surface area is 112 Å². The van der Waals surface area contributed by atoms with E-state index in [0.717, 1.165) is 11.3 Å². The number of rotatable bonds is 2. The van der Waals surface area contributed by atoms with E-state index in [2.05, 4.69) is 9.97 Å². The molecule has 4 heteroatoms. The van der Waals surface area contributed by atoms with Gasteiger partial charge in [-0.1, -0.05) is 0 Å². The molecule has 0 amide bonds. The lowest BCUT2D eigenvalue weighted by atomic mass is 10.1. The smallest absolute Gasteiger partial charge is 0.160 e. The van der Waals surface area contributed by atoms with Crippen LogP contribution in [0.25, 0.3) is 11.3 Å². The third-order valence-corrected chi connectivity index (χ3v) is 2.86. The molecule has 0 aliphatic heterocycles. The largest absolute Gasteiger partial charge is 0.382 e. The number of nitrogens with zero attached hydrogens (tertiary/aromatic N) is 2. The maximum absolute atomic E-state index is 13.3. The second-order valence-corrected chi connectivity index (χ2v) is 5.24. The van der Waals surface area contributed by atoms with Gasteiger partial charge in [-0.2, -0.15) is 0 Å². The molecule has 2 rings (SSSR count). The first-order chi connectivity index (χ1) is 8.77. The van der Waals surface area contributed by atoms with Gasteiger partial charge in [-0.3, -0.25) is 0 Å². The van der Waals surface area contributed by atoms with Crippen molar-refractivity contribution < 1.29 is 9.50 Å². The van der Waals surface area contributed by atoms with Crippen LogP contribution in [0.4, 0.5) is 4.39 Å². The molecule has 0 bridgehead atoms. The van der Waals surface area contributed by atoms with Gasteiger partial charge in [-0.25, -0.2) is 14.4 Å². The highest BCUT2D eigenvalue weighted by atomic mass is 19.1. The molecular formula is C15H17FN2O. The van der Waals surface area contributed by atoms with Gasteiger partial charge in [0, 0.05) is 11.3 Å². The fourth-order valence-corrected chi connectivity index (χ4v) is 1.79. The molecule has 0 aliphatic rings. The normalized spacial score (nSPS) is 11.7. The molecule has 3 nitrogen and oxygen atoms in total. The number of aliphatic hydroxyl groups is 1. The summed E-state index contributed by atoms with van der Waals surface area (Å²) in [5, 5.41) is 10.00. The van der Waals surface area contributed by atoms with Gasteiger partial charge in [0.2, 0.25) is 0 Å². The van der Waals surface area contributed by atoms with Crippen molar-refractivity contribution in [2.24, 2.45) is 0 Å². The van der Waals surface area contributed by atoms with E-state index in [4.69, 9.17) is 0 Å². The van der Waals surface area contributed by atoms with Crippen LogP contribution >= 0.6 is 0 Å². The van der Waals surface area contributed by atoms with E-state index in [0.29, 0.717) is 17.1 Å². The first-order valence-electron chi connectivity index (χ1n) is 6.12. The Bertz CT molecular complexity index is 618. The minimum absolute atomic E-state index is 0.239. The molecule has 1 aromatic heterocycles. The summed E-state index contributed by atoms with van der Waals surface area (Å²) < 4.78 is 13.3. The standard InChI is InChI=1S/C15H17FN2O/c1-9-7-11(5-6-12(9)16)13-8-10(2)17-14(18-13)15(3,4)19/h5-8,19H,1-4H3. The maximum atomic E-state index is 13.3. The predicted molar refractivity (Wildman–Crippen MR) is 72.1 cm³/mol. The van der Waals surface area contributed by atoms with Crippen molar-refractivity contribution in [3.05, 3.63) is 47.2 Å². The molecule has 0 aliphatic carbocycles. The summed E-state index contributed by atoms with van der Waals surface area (Å²) in [6, 6.07) is 6.66. The molecule has 0 atom stereocenters. The number of hydrogen-bond donors (Lipinski definition) is 1. The Morgan fingerprint density at radius 2 is 1.79 bits per heavy atom. The highest BCUT2D eigenvalue weighted by Crippen LogP contribution is 2.23. The van der Waals surface area contributed by atoms with E-state index in [1.54, 1.807) is 32.9 Å². The summed E-state index contributed by atoms with van der Waals surface area (Å²) in [5.74, 6) is 0.127. The van der Waals surface area contributed by atoms with Crippen molar-refractivity contribution in [1.29, 1.82) is 0 Å². The average molecular weight is 260 g/mol. The molecule has 1 N–H and O–H groups in total. The van der Waals surface area contributed by atoms with E-state index in [1.165, 1.54) is 6.07 Å². The van der Waals surface area contributed by atoms with Crippen molar-refractivity contribution in [3.8, 4) is 11.3 Å². The molecule has 1 aromatic carbocycles. The van der Waals surface area contributed by atoms with Crippen LogP contribution in [0.3, 0.4) is 0 Å². The molecule has 0 saturated heterocycles. The molecule has 0 saturated carbocycles. The molecular weight excluding hydrogens is 243 g/mol. The zero-order valence-electron chi connectivity index (χ0n) is 11.5. The Balaban J connectivity index is 2.56. The van der Waals surface area contributed by atoms with Gasteiger partial charge < -0.3 is 5.11 Å². The van der Waals surface area contributed by atoms with Crippen LogP contribution in [-0.2, 0) is 5.60 Å². The number of aryl methyl sites for hydroxylation is 2. The summed E-state index contributed by atoms with van der Waals surface area (Å²) in [6.45, 7) is 6.84. The first-order valence-corrected chi connectivity index (χ1v) is 6.12. The van der Waals surface area contributed by atoms with Gasteiger partial charge in [0.25, 0.3) is 0 Å². The molecule has 1 heterocycles. The van der Waals surface area contributed by atoms with Crippen LogP contribution in [0.2, 0.25) is 0 Å². The van der Waals surface area contributed by atoms with E-state index in [9.17, 15) is 9.50 Å². The van der Waals surface area contributed by atoms with Gasteiger partial charge in [-0.05, 0) is 57.5 Å². The third-order valence-electron chi connectivity index (χ3n) is 2.86. The first kappa shape index (κ1) is 13.6. The van der Waals surface area contributed by atoms with Gasteiger partial charge in [-0.15, -0.1) is 0 Å². The summed E-state index contributed by atoms with van der Waals surface area (Å²) >= 11 is 0. The Kier molecular flexibility index (Phi) is 3.37. The predicted octanol–water partition coefficient (Wildman–Crippen LogP) is 3.13. The molecule has 0 radical (unpaired) electrons. The Hall–Kier alpha value is -1.81. The minimum atomic E-state index is -1.10. The Morgan fingerprint density at radius 3 is 2.37 bits per heavy atom. The lowest BCUT2D eigenvalue weighted by Crippen LogP contribution is -2.20. The summed E-state index contributed by atoms with van der Waals surface area (Å²) in [7, 11) is 0.